The Morgan fingerprint density at radius 3 is 2.84 bits per heavy atom. The third-order valence-corrected chi connectivity index (χ3v) is 3.56. The fourth-order valence-corrected chi connectivity index (χ4v) is 2.52. The Labute approximate surface area is 114 Å². The minimum absolute atomic E-state index is 0.0181. The van der Waals surface area contributed by atoms with Crippen molar-refractivity contribution in [2.45, 2.75) is 45.2 Å². The van der Waals surface area contributed by atoms with Gasteiger partial charge in [-0.2, -0.15) is 0 Å². The highest BCUT2D eigenvalue weighted by molar-refractivity contribution is 5.35. The van der Waals surface area contributed by atoms with Gasteiger partial charge in [-0.25, -0.2) is 4.98 Å². The van der Waals surface area contributed by atoms with Crippen molar-refractivity contribution in [1.82, 2.24) is 14.9 Å². The van der Waals surface area contributed by atoms with Gasteiger partial charge in [-0.15, -0.1) is 0 Å². The first-order valence-electron chi connectivity index (χ1n) is 6.92. The summed E-state index contributed by atoms with van der Waals surface area (Å²) in [6.07, 6.45) is 5.85. The van der Waals surface area contributed by atoms with Crippen LogP contribution >= 0.6 is 0 Å². The zero-order valence-electron chi connectivity index (χ0n) is 12.3. The van der Waals surface area contributed by atoms with Crippen molar-refractivity contribution < 1.29 is 0 Å². The van der Waals surface area contributed by atoms with Crippen molar-refractivity contribution in [2.24, 2.45) is 0 Å². The van der Waals surface area contributed by atoms with Gasteiger partial charge in [-0.05, 0) is 40.2 Å². The van der Waals surface area contributed by atoms with Crippen LogP contribution in [0.25, 0.3) is 0 Å². The SMILES string of the molecule is CN(CC1CCCN1)c1nccn(C(C)(C)C)c1=O. The highest BCUT2D eigenvalue weighted by Crippen LogP contribution is 2.13. The van der Waals surface area contributed by atoms with Gasteiger partial charge in [-0.3, -0.25) is 4.79 Å². The van der Waals surface area contributed by atoms with E-state index in [2.05, 4.69) is 10.3 Å². The molecule has 2 rings (SSSR count). The van der Waals surface area contributed by atoms with Crippen molar-refractivity contribution in [3.63, 3.8) is 0 Å². The summed E-state index contributed by atoms with van der Waals surface area (Å²) in [5.74, 6) is 0.533. The Balaban J connectivity index is 2.22. The predicted molar refractivity (Wildman–Crippen MR) is 77.8 cm³/mol. The van der Waals surface area contributed by atoms with E-state index in [-0.39, 0.29) is 11.1 Å². The summed E-state index contributed by atoms with van der Waals surface area (Å²) >= 11 is 0. The first-order chi connectivity index (χ1) is 8.89. The molecule has 1 N–H and O–H groups in total. The van der Waals surface area contributed by atoms with Crippen LogP contribution in [0.3, 0.4) is 0 Å². The molecule has 1 aliphatic heterocycles. The van der Waals surface area contributed by atoms with Gasteiger partial charge in [0, 0.05) is 37.6 Å². The zero-order valence-corrected chi connectivity index (χ0v) is 12.3. The van der Waals surface area contributed by atoms with Crippen LogP contribution in [0.2, 0.25) is 0 Å². The number of nitrogens with zero attached hydrogens (tertiary/aromatic N) is 3. The summed E-state index contributed by atoms with van der Waals surface area (Å²) in [6.45, 7) is 7.98. The van der Waals surface area contributed by atoms with E-state index < -0.39 is 0 Å². The summed E-state index contributed by atoms with van der Waals surface area (Å²) in [6, 6.07) is 0.467. The fourth-order valence-electron chi connectivity index (χ4n) is 2.52. The van der Waals surface area contributed by atoms with E-state index in [1.165, 1.54) is 12.8 Å². The Kier molecular flexibility index (Phi) is 3.94. The van der Waals surface area contributed by atoms with E-state index >= 15 is 0 Å². The number of likely N-dealkylation sites (N-methyl/N-ethyl adjacent to an activating group) is 1. The molecule has 5 heteroatoms. The summed E-state index contributed by atoms with van der Waals surface area (Å²) in [5, 5.41) is 3.44. The maximum atomic E-state index is 12.5. The summed E-state index contributed by atoms with van der Waals surface area (Å²) in [7, 11) is 1.94. The van der Waals surface area contributed by atoms with Gasteiger partial charge in [-0.1, -0.05) is 0 Å². The number of anilines is 1. The molecule has 1 atom stereocenters. The first-order valence-corrected chi connectivity index (χ1v) is 6.92. The van der Waals surface area contributed by atoms with E-state index in [9.17, 15) is 4.79 Å². The van der Waals surface area contributed by atoms with Gasteiger partial charge in [0.2, 0.25) is 0 Å². The molecule has 1 aromatic heterocycles. The topological polar surface area (TPSA) is 50.2 Å². The second kappa shape index (κ2) is 5.33. The van der Waals surface area contributed by atoms with Crippen molar-refractivity contribution in [1.29, 1.82) is 0 Å². The summed E-state index contributed by atoms with van der Waals surface area (Å²) in [4.78, 5) is 18.7. The molecule has 1 aliphatic rings. The lowest BCUT2D eigenvalue weighted by atomic mass is 10.1. The maximum absolute atomic E-state index is 12.5. The molecule has 2 heterocycles. The van der Waals surface area contributed by atoms with E-state index in [0.717, 1.165) is 13.1 Å². The van der Waals surface area contributed by atoms with Crippen LogP contribution in [0.4, 0.5) is 5.82 Å². The molecule has 0 radical (unpaired) electrons. The zero-order chi connectivity index (χ0) is 14.0. The molecule has 0 aliphatic carbocycles. The van der Waals surface area contributed by atoms with Crippen LogP contribution in [0.15, 0.2) is 17.2 Å². The van der Waals surface area contributed by atoms with Crippen LogP contribution in [-0.4, -0.2) is 35.7 Å². The van der Waals surface area contributed by atoms with Crippen LogP contribution < -0.4 is 15.8 Å². The second-order valence-electron chi connectivity index (χ2n) is 6.27. The minimum atomic E-state index is -0.221. The third kappa shape index (κ3) is 3.15. The Hall–Kier alpha value is -1.36. The fraction of sp³-hybridized carbons (Fsp3) is 0.714. The van der Waals surface area contributed by atoms with E-state index in [0.29, 0.717) is 11.9 Å². The van der Waals surface area contributed by atoms with Crippen molar-refractivity contribution in [3.05, 3.63) is 22.7 Å². The lowest BCUT2D eigenvalue weighted by Crippen LogP contribution is -2.41. The molecule has 1 unspecified atom stereocenters. The van der Waals surface area contributed by atoms with Gasteiger partial charge in [0.05, 0.1) is 0 Å². The first kappa shape index (κ1) is 14.1. The van der Waals surface area contributed by atoms with Gasteiger partial charge in [0.1, 0.15) is 0 Å². The van der Waals surface area contributed by atoms with Crippen molar-refractivity contribution in [3.8, 4) is 0 Å². The van der Waals surface area contributed by atoms with Gasteiger partial charge >= 0.3 is 0 Å². The molecule has 19 heavy (non-hydrogen) atoms. The van der Waals surface area contributed by atoms with Crippen molar-refractivity contribution in [2.75, 3.05) is 25.0 Å². The lowest BCUT2D eigenvalue weighted by molar-refractivity contribution is 0.382. The van der Waals surface area contributed by atoms with Crippen LogP contribution in [-0.2, 0) is 5.54 Å². The molecule has 1 saturated heterocycles. The molecule has 0 bridgehead atoms. The molecule has 0 saturated carbocycles. The minimum Gasteiger partial charge on any atom is -0.354 e. The summed E-state index contributed by atoms with van der Waals surface area (Å²) < 4.78 is 1.74. The van der Waals surface area contributed by atoms with Gasteiger partial charge < -0.3 is 14.8 Å². The monoisotopic (exact) mass is 264 g/mol. The van der Waals surface area contributed by atoms with E-state index in [4.69, 9.17) is 0 Å². The standard InChI is InChI=1S/C14H24N4O/c1-14(2,3)18-9-8-16-12(13(18)19)17(4)10-11-6-5-7-15-11/h8-9,11,15H,5-7,10H2,1-4H3. The predicted octanol–water partition coefficient (Wildman–Crippen LogP) is 1.19. The largest absolute Gasteiger partial charge is 0.354 e. The molecule has 1 fully saturated rings. The molecule has 5 nitrogen and oxygen atoms in total. The number of aromatic nitrogens is 2. The third-order valence-electron chi connectivity index (χ3n) is 3.56. The van der Waals surface area contributed by atoms with Crippen LogP contribution in [0.1, 0.15) is 33.6 Å². The maximum Gasteiger partial charge on any atom is 0.293 e. The number of hydrogen-bond donors (Lipinski definition) is 1. The molecule has 0 aromatic carbocycles. The molecular weight excluding hydrogens is 240 g/mol. The quantitative estimate of drug-likeness (QED) is 0.891. The van der Waals surface area contributed by atoms with Gasteiger partial charge in [0.15, 0.2) is 5.82 Å². The number of nitrogens with one attached hydrogen (secondary N) is 1. The molecular formula is C14H24N4O. The highest BCUT2D eigenvalue weighted by Gasteiger charge is 2.21. The van der Waals surface area contributed by atoms with E-state index in [1.807, 2.05) is 32.7 Å². The highest BCUT2D eigenvalue weighted by atomic mass is 16.1. The molecule has 0 spiro atoms. The molecule has 0 amide bonds. The van der Waals surface area contributed by atoms with E-state index in [1.54, 1.807) is 17.0 Å². The number of hydrogen-bond acceptors (Lipinski definition) is 4. The van der Waals surface area contributed by atoms with Crippen molar-refractivity contribution >= 4 is 5.82 Å². The Morgan fingerprint density at radius 1 is 1.53 bits per heavy atom. The molecule has 1 aromatic rings. The summed E-state index contributed by atoms with van der Waals surface area (Å²) in [5.41, 5.74) is -0.239. The smallest absolute Gasteiger partial charge is 0.293 e. The van der Waals surface area contributed by atoms with Crippen LogP contribution in [0, 0.1) is 0 Å². The number of rotatable bonds is 3. The molecule has 106 valence electrons. The second-order valence-corrected chi connectivity index (χ2v) is 6.27. The Morgan fingerprint density at radius 2 is 2.26 bits per heavy atom. The van der Waals surface area contributed by atoms with Crippen LogP contribution in [0.5, 0.6) is 0 Å². The average Bonchev–Trinajstić information content (AvgIpc) is 2.80. The van der Waals surface area contributed by atoms with Gasteiger partial charge in [0.25, 0.3) is 5.56 Å². The Bertz CT molecular complexity index is 483. The lowest BCUT2D eigenvalue weighted by Gasteiger charge is -2.26. The average molecular weight is 264 g/mol. The normalized spacial score (nSPS) is 19.7.